The minimum Gasteiger partial charge on any atom is -0.355 e. The molecule has 2 unspecified atom stereocenters. The highest BCUT2D eigenvalue weighted by atomic mass is 16.2. The van der Waals surface area contributed by atoms with E-state index in [0.29, 0.717) is 19.5 Å². The number of carbonyl (C=O) groups is 2. The van der Waals surface area contributed by atoms with Gasteiger partial charge in [0.2, 0.25) is 11.8 Å². The van der Waals surface area contributed by atoms with Gasteiger partial charge < -0.3 is 16.0 Å². The number of rotatable bonds is 9. The average Bonchev–Trinajstić information content (AvgIpc) is 2.35. The van der Waals surface area contributed by atoms with Crippen molar-refractivity contribution < 1.29 is 9.59 Å². The molecule has 5 heteroatoms. The number of hydrogen-bond acceptors (Lipinski definition) is 3. The van der Waals surface area contributed by atoms with Gasteiger partial charge >= 0.3 is 0 Å². The van der Waals surface area contributed by atoms with E-state index < -0.39 is 0 Å². The first-order chi connectivity index (χ1) is 8.51. The molecular formula is C13H27N3O2. The molecule has 0 rings (SSSR count). The van der Waals surface area contributed by atoms with Crippen molar-refractivity contribution in [1.29, 1.82) is 0 Å². The van der Waals surface area contributed by atoms with Gasteiger partial charge in [0, 0.05) is 25.6 Å². The van der Waals surface area contributed by atoms with Crippen LogP contribution in [-0.4, -0.2) is 37.0 Å². The average molecular weight is 257 g/mol. The first-order valence-corrected chi connectivity index (χ1v) is 6.81. The highest BCUT2D eigenvalue weighted by molar-refractivity contribution is 5.81. The molecule has 0 radical (unpaired) electrons. The van der Waals surface area contributed by atoms with Gasteiger partial charge in [0.05, 0.1) is 6.04 Å². The smallest absolute Gasteiger partial charge is 0.236 e. The van der Waals surface area contributed by atoms with Crippen LogP contribution < -0.4 is 16.0 Å². The Morgan fingerprint density at radius 1 is 1.11 bits per heavy atom. The Balaban J connectivity index is 3.70. The number of amides is 2. The molecule has 0 bridgehead atoms. The lowest BCUT2D eigenvalue weighted by molar-refractivity contribution is -0.124. The molecular weight excluding hydrogens is 230 g/mol. The predicted molar refractivity (Wildman–Crippen MR) is 73.3 cm³/mol. The Morgan fingerprint density at radius 3 is 2.33 bits per heavy atom. The summed E-state index contributed by atoms with van der Waals surface area (Å²) in [5.74, 6) is 0.0113. The minimum atomic E-state index is -0.257. The van der Waals surface area contributed by atoms with Crippen LogP contribution in [0.2, 0.25) is 0 Å². The second-order valence-electron chi connectivity index (χ2n) is 4.59. The molecule has 5 nitrogen and oxygen atoms in total. The van der Waals surface area contributed by atoms with Crippen molar-refractivity contribution in [3.8, 4) is 0 Å². The van der Waals surface area contributed by atoms with E-state index in [1.165, 1.54) is 0 Å². The highest BCUT2D eigenvalue weighted by Crippen LogP contribution is 1.90. The van der Waals surface area contributed by atoms with Gasteiger partial charge in [-0.3, -0.25) is 9.59 Å². The number of carbonyl (C=O) groups excluding carboxylic acids is 2. The van der Waals surface area contributed by atoms with E-state index in [4.69, 9.17) is 0 Å². The molecule has 0 aromatic carbocycles. The van der Waals surface area contributed by atoms with Crippen LogP contribution in [0.4, 0.5) is 0 Å². The van der Waals surface area contributed by atoms with E-state index in [-0.39, 0.29) is 23.9 Å². The van der Waals surface area contributed by atoms with Gasteiger partial charge in [0.1, 0.15) is 0 Å². The molecule has 18 heavy (non-hydrogen) atoms. The second-order valence-corrected chi connectivity index (χ2v) is 4.59. The highest BCUT2D eigenvalue weighted by Gasteiger charge is 2.12. The third-order valence-electron chi connectivity index (χ3n) is 2.76. The number of hydrogen-bond donors (Lipinski definition) is 3. The first-order valence-electron chi connectivity index (χ1n) is 6.81. The SMILES string of the molecule is CCCNC(=O)C(C)NCCC(=O)NC(C)CC. The summed E-state index contributed by atoms with van der Waals surface area (Å²) >= 11 is 0. The van der Waals surface area contributed by atoms with Crippen molar-refractivity contribution in [3.05, 3.63) is 0 Å². The normalized spacial score (nSPS) is 13.8. The van der Waals surface area contributed by atoms with Gasteiger partial charge in [-0.15, -0.1) is 0 Å². The Labute approximate surface area is 110 Å². The van der Waals surface area contributed by atoms with Crippen LogP contribution >= 0.6 is 0 Å². The van der Waals surface area contributed by atoms with Crippen LogP contribution in [0.5, 0.6) is 0 Å². The third kappa shape index (κ3) is 8.06. The van der Waals surface area contributed by atoms with Crippen molar-refractivity contribution >= 4 is 11.8 Å². The molecule has 0 aliphatic carbocycles. The lowest BCUT2D eigenvalue weighted by Crippen LogP contribution is -2.43. The van der Waals surface area contributed by atoms with Crippen LogP contribution in [0.3, 0.4) is 0 Å². The Hall–Kier alpha value is -1.10. The van der Waals surface area contributed by atoms with E-state index in [0.717, 1.165) is 12.8 Å². The van der Waals surface area contributed by atoms with Crippen LogP contribution in [-0.2, 0) is 9.59 Å². The van der Waals surface area contributed by atoms with E-state index in [9.17, 15) is 9.59 Å². The molecule has 2 atom stereocenters. The summed E-state index contributed by atoms with van der Waals surface area (Å²) in [7, 11) is 0. The van der Waals surface area contributed by atoms with Crippen LogP contribution in [0, 0.1) is 0 Å². The lowest BCUT2D eigenvalue weighted by atomic mass is 10.2. The summed E-state index contributed by atoms with van der Waals surface area (Å²) in [5, 5.41) is 8.74. The van der Waals surface area contributed by atoms with Crippen LogP contribution in [0.1, 0.15) is 47.0 Å². The van der Waals surface area contributed by atoms with Crippen molar-refractivity contribution in [2.45, 2.75) is 59.0 Å². The molecule has 0 aliphatic rings. The van der Waals surface area contributed by atoms with E-state index in [1.807, 2.05) is 20.8 Å². The van der Waals surface area contributed by atoms with Gasteiger partial charge in [-0.25, -0.2) is 0 Å². The molecule has 2 amide bonds. The maximum absolute atomic E-state index is 11.5. The van der Waals surface area contributed by atoms with Gasteiger partial charge in [-0.1, -0.05) is 13.8 Å². The molecule has 0 spiro atoms. The molecule has 0 fully saturated rings. The fourth-order valence-corrected chi connectivity index (χ4v) is 1.35. The summed E-state index contributed by atoms with van der Waals surface area (Å²) in [6.07, 6.45) is 2.25. The fourth-order valence-electron chi connectivity index (χ4n) is 1.35. The number of nitrogens with one attached hydrogen (secondary N) is 3. The summed E-state index contributed by atoms with van der Waals surface area (Å²) in [6, 6.07) is -0.0456. The maximum atomic E-state index is 11.5. The zero-order chi connectivity index (χ0) is 14.0. The summed E-state index contributed by atoms with van der Waals surface area (Å²) in [4.78, 5) is 23.0. The topological polar surface area (TPSA) is 70.2 Å². The monoisotopic (exact) mass is 257 g/mol. The van der Waals surface area contributed by atoms with E-state index >= 15 is 0 Å². The zero-order valence-electron chi connectivity index (χ0n) is 12.0. The van der Waals surface area contributed by atoms with Gasteiger partial charge in [0.25, 0.3) is 0 Å². The van der Waals surface area contributed by atoms with Crippen LogP contribution in [0.15, 0.2) is 0 Å². The van der Waals surface area contributed by atoms with Crippen molar-refractivity contribution in [1.82, 2.24) is 16.0 Å². The Morgan fingerprint density at radius 2 is 1.78 bits per heavy atom. The zero-order valence-corrected chi connectivity index (χ0v) is 12.0. The quantitative estimate of drug-likeness (QED) is 0.572. The Bertz CT molecular complexity index is 257. The summed E-state index contributed by atoms with van der Waals surface area (Å²) < 4.78 is 0. The fraction of sp³-hybridized carbons (Fsp3) is 0.846. The molecule has 0 aliphatic heterocycles. The van der Waals surface area contributed by atoms with Crippen molar-refractivity contribution in [2.24, 2.45) is 0 Å². The summed E-state index contributed by atoms with van der Waals surface area (Å²) in [5.41, 5.74) is 0. The molecule has 0 saturated heterocycles. The predicted octanol–water partition coefficient (Wildman–Crippen LogP) is 0.796. The summed E-state index contributed by atoms with van der Waals surface area (Å²) in [6.45, 7) is 9.03. The molecule has 3 N–H and O–H groups in total. The van der Waals surface area contributed by atoms with Gasteiger partial charge in [0.15, 0.2) is 0 Å². The standard InChI is InChI=1S/C13H27N3O2/c1-5-8-15-13(18)11(4)14-9-7-12(17)16-10(3)6-2/h10-11,14H,5-9H2,1-4H3,(H,15,18)(H,16,17). The maximum Gasteiger partial charge on any atom is 0.236 e. The third-order valence-corrected chi connectivity index (χ3v) is 2.76. The molecule has 106 valence electrons. The minimum absolute atomic E-state index is 0.0146. The van der Waals surface area contributed by atoms with Gasteiger partial charge in [-0.05, 0) is 26.7 Å². The van der Waals surface area contributed by atoms with Crippen LogP contribution in [0.25, 0.3) is 0 Å². The van der Waals surface area contributed by atoms with Gasteiger partial charge in [-0.2, -0.15) is 0 Å². The van der Waals surface area contributed by atoms with E-state index in [1.54, 1.807) is 6.92 Å². The first kappa shape index (κ1) is 16.9. The molecule has 0 saturated carbocycles. The lowest BCUT2D eigenvalue weighted by Gasteiger charge is -2.15. The Kier molecular flexibility index (Phi) is 9.28. The van der Waals surface area contributed by atoms with Crippen molar-refractivity contribution in [3.63, 3.8) is 0 Å². The molecule has 0 heterocycles. The largest absolute Gasteiger partial charge is 0.355 e. The van der Waals surface area contributed by atoms with Crippen molar-refractivity contribution in [2.75, 3.05) is 13.1 Å². The molecule has 0 aromatic heterocycles. The second kappa shape index (κ2) is 9.88. The molecule has 0 aromatic rings. The van der Waals surface area contributed by atoms with E-state index in [2.05, 4.69) is 16.0 Å².